The molecule has 1 saturated heterocycles. The predicted molar refractivity (Wildman–Crippen MR) is 112 cm³/mol. The summed E-state index contributed by atoms with van der Waals surface area (Å²) >= 11 is 0. The van der Waals surface area contributed by atoms with Crippen molar-refractivity contribution in [3.63, 3.8) is 0 Å². The molecule has 1 aromatic heterocycles. The number of piperazine rings is 1. The van der Waals surface area contributed by atoms with E-state index < -0.39 is 0 Å². The highest BCUT2D eigenvalue weighted by Gasteiger charge is 2.25. The Labute approximate surface area is 170 Å². The highest BCUT2D eigenvalue weighted by Crippen LogP contribution is 2.18. The lowest BCUT2D eigenvalue weighted by atomic mass is 9.97. The number of rotatable bonds is 5. The molecule has 0 radical (unpaired) electrons. The van der Waals surface area contributed by atoms with Crippen LogP contribution in [0.15, 0.2) is 79.1 Å². The van der Waals surface area contributed by atoms with Crippen LogP contribution in [0.1, 0.15) is 31.8 Å². The Morgan fingerprint density at radius 1 is 0.793 bits per heavy atom. The number of hydrogen-bond acceptors (Lipinski definition) is 4. The Bertz CT molecular complexity index is 981. The first-order chi connectivity index (χ1) is 14.2. The van der Waals surface area contributed by atoms with Crippen LogP contribution in [0, 0.1) is 0 Å². The average Bonchev–Trinajstić information content (AvgIpc) is 2.80. The van der Waals surface area contributed by atoms with Gasteiger partial charge in [0.2, 0.25) is 0 Å². The van der Waals surface area contributed by atoms with Gasteiger partial charge in [-0.05, 0) is 17.7 Å². The van der Waals surface area contributed by atoms with Gasteiger partial charge in [0.05, 0.1) is 5.56 Å². The fraction of sp³-hybridized carbons (Fsp3) is 0.208. The number of nitrogens with zero attached hydrogens (tertiary/aromatic N) is 3. The highest BCUT2D eigenvalue weighted by atomic mass is 16.2. The van der Waals surface area contributed by atoms with Crippen molar-refractivity contribution >= 4 is 11.7 Å². The van der Waals surface area contributed by atoms with Gasteiger partial charge in [0.15, 0.2) is 5.78 Å². The molecule has 5 nitrogen and oxygen atoms in total. The number of aromatic nitrogens is 1. The third-order valence-corrected chi connectivity index (χ3v) is 5.23. The molecule has 1 aliphatic rings. The second-order valence-electron chi connectivity index (χ2n) is 7.17. The molecule has 5 heteroatoms. The van der Waals surface area contributed by atoms with Crippen molar-refractivity contribution in [2.24, 2.45) is 0 Å². The summed E-state index contributed by atoms with van der Waals surface area (Å²) < 4.78 is 0. The van der Waals surface area contributed by atoms with Gasteiger partial charge in [0, 0.05) is 56.2 Å². The summed E-state index contributed by atoms with van der Waals surface area (Å²) in [5.41, 5.74) is 2.70. The van der Waals surface area contributed by atoms with Crippen molar-refractivity contribution in [3.05, 3.63) is 101 Å². The number of benzene rings is 2. The third kappa shape index (κ3) is 4.41. The van der Waals surface area contributed by atoms with Crippen LogP contribution >= 0.6 is 0 Å². The number of amides is 1. The van der Waals surface area contributed by atoms with Gasteiger partial charge in [-0.2, -0.15) is 0 Å². The maximum Gasteiger partial charge on any atom is 0.254 e. The lowest BCUT2D eigenvalue weighted by Crippen LogP contribution is -2.48. The third-order valence-electron chi connectivity index (χ3n) is 5.23. The van der Waals surface area contributed by atoms with Crippen molar-refractivity contribution < 1.29 is 9.59 Å². The number of carbonyl (C=O) groups excluding carboxylic acids is 2. The summed E-state index contributed by atoms with van der Waals surface area (Å²) in [6, 6.07) is 20.2. The molecule has 146 valence electrons. The Morgan fingerprint density at radius 3 is 2.17 bits per heavy atom. The fourth-order valence-electron chi connectivity index (χ4n) is 3.64. The zero-order valence-corrected chi connectivity index (χ0v) is 16.2. The quantitative estimate of drug-likeness (QED) is 0.633. The summed E-state index contributed by atoms with van der Waals surface area (Å²) in [6.07, 6.45) is 3.65. The minimum absolute atomic E-state index is 0.0779. The van der Waals surface area contributed by atoms with Gasteiger partial charge in [-0.15, -0.1) is 0 Å². The molecular formula is C24H23N3O2. The maximum absolute atomic E-state index is 13.2. The zero-order chi connectivity index (χ0) is 20.1. The number of hydrogen-bond donors (Lipinski definition) is 0. The van der Waals surface area contributed by atoms with E-state index in [1.165, 1.54) is 5.56 Å². The molecule has 0 N–H and O–H groups in total. The molecule has 0 bridgehead atoms. The summed E-state index contributed by atoms with van der Waals surface area (Å²) in [5, 5.41) is 0. The summed E-state index contributed by atoms with van der Waals surface area (Å²) in [7, 11) is 0. The van der Waals surface area contributed by atoms with Crippen LogP contribution in [0.5, 0.6) is 0 Å². The van der Waals surface area contributed by atoms with Gasteiger partial charge in [-0.25, -0.2) is 0 Å². The molecule has 0 atom stereocenters. The van der Waals surface area contributed by atoms with Crippen LogP contribution in [0.4, 0.5) is 0 Å². The number of ketones is 1. The lowest BCUT2D eigenvalue weighted by Gasteiger charge is -2.35. The van der Waals surface area contributed by atoms with E-state index in [-0.39, 0.29) is 11.7 Å². The van der Waals surface area contributed by atoms with Crippen molar-refractivity contribution in [2.75, 3.05) is 26.2 Å². The predicted octanol–water partition coefficient (Wildman–Crippen LogP) is 3.27. The van der Waals surface area contributed by atoms with E-state index in [4.69, 9.17) is 0 Å². The molecule has 2 aromatic carbocycles. The van der Waals surface area contributed by atoms with Gasteiger partial charge in [0.25, 0.3) is 5.91 Å². The summed E-state index contributed by atoms with van der Waals surface area (Å²) in [5.74, 6) is -0.198. The molecule has 1 amide bonds. The molecular weight excluding hydrogens is 362 g/mol. The van der Waals surface area contributed by atoms with Crippen LogP contribution in [0.25, 0.3) is 0 Å². The standard InChI is InChI=1S/C24H23N3O2/c28-23(20-8-2-1-3-9-20)21-10-4-5-11-22(21)24(29)27-15-13-26(14-16-27)18-19-7-6-12-25-17-19/h1-12,17H,13-16,18H2. The van der Waals surface area contributed by atoms with E-state index >= 15 is 0 Å². The first-order valence-electron chi connectivity index (χ1n) is 9.81. The van der Waals surface area contributed by atoms with Gasteiger partial charge in [0.1, 0.15) is 0 Å². The Balaban J connectivity index is 1.45. The summed E-state index contributed by atoms with van der Waals surface area (Å²) in [6.45, 7) is 3.73. The van der Waals surface area contributed by atoms with Crippen LogP contribution in [0.2, 0.25) is 0 Å². The number of pyridine rings is 1. The van der Waals surface area contributed by atoms with Crippen LogP contribution in [0.3, 0.4) is 0 Å². The van der Waals surface area contributed by atoms with Gasteiger partial charge < -0.3 is 4.90 Å². The van der Waals surface area contributed by atoms with Gasteiger partial charge >= 0.3 is 0 Å². The monoisotopic (exact) mass is 385 g/mol. The molecule has 2 heterocycles. The Morgan fingerprint density at radius 2 is 1.48 bits per heavy atom. The van der Waals surface area contributed by atoms with E-state index in [1.54, 1.807) is 36.5 Å². The first kappa shape index (κ1) is 19.0. The van der Waals surface area contributed by atoms with E-state index in [0.29, 0.717) is 29.8 Å². The fourth-order valence-corrected chi connectivity index (χ4v) is 3.64. The second kappa shape index (κ2) is 8.80. The van der Waals surface area contributed by atoms with Crippen molar-refractivity contribution in [1.82, 2.24) is 14.8 Å². The van der Waals surface area contributed by atoms with Crippen LogP contribution in [-0.2, 0) is 6.54 Å². The lowest BCUT2D eigenvalue weighted by molar-refractivity contribution is 0.0625. The second-order valence-corrected chi connectivity index (χ2v) is 7.17. The Kier molecular flexibility index (Phi) is 5.77. The normalized spacial score (nSPS) is 14.6. The Hall–Kier alpha value is -3.31. The molecule has 1 aliphatic heterocycles. The highest BCUT2D eigenvalue weighted by molar-refractivity contribution is 6.15. The van der Waals surface area contributed by atoms with E-state index in [0.717, 1.165) is 19.6 Å². The minimum atomic E-state index is -0.121. The molecule has 1 fully saturated rings. The largest absolute Gasteiger partial charge is 0.336 e. The van der Waals surface area contributed by atoms with Crippen molar-refractivity contribution in [2.45, 2.75) is 6.54 Å². The van der Waals surface area contributed by atoms with Crippen molar-refractivity contribution in [1.29, 1.82) is 0 Å². The topological polar surface area (TPSA) is 53.5 Å². The molecule has 4 rings (SSSR count). The SMILES string of the molecule is O=C(c1ccccc1)c1ccccc1C(=O)N1CCN(Cc2cccnc2)CC1. The van der Waals surface area contributed by atoms with E-state index in [2.05, 4.69) is 16.0 Å². The molecule has 0 saturated carbocycles. The number of carbonyl (C=O) groups is 2. The molecule has 0 spiro atoms. The zero-order valence-electron chi connectivity index (χ0n) is 16.2. The van der Waals surface area contributed by atoms with Gasteiger partial charge in [-0.1, -0.05) is 54.6 Å². The van der Waals surface area contributed by atoms with Crippen LogP contribution < -0.4 is 0 Å². The first-order valence-corrected chi connectivity index (χ1v) is 9.81. The minimum Gasteiger partial charge on any atom is -0.336 e. The van der Waals surface area contributed by atoms with Crippen molar-refractivity contribution in [3.8, 4) is 0 Å². The van der Waals surface area contributed by atoms with Crippen LogP contribution in [-0.4, -0.2) is 52.7 Å². The maximum atomic E-state index is 13.2. The van der Waals surface area contributed by atoms with Gasteiger partial charge in [-0.3, -0.25) is 19.5 Å². The molecule has 29 heavy (non-hydrogen) atoms. The van der Waals surface area contributed by atoms with E-state index in [1.807, 2.05) is 41.4 Å². The van der Waals surface area contributed by atoms with E-state index in [9.17, 15) is 9.59 Å². The summed E-state index contributed by atoms with van der Waals surface area (Å²) in [4.78, 5) is 34.4. The smallest absolute Gasteiger partial charge is 0.254 e. The molecule has 0 unspecified atom stereocenters. The molecule has 0 aliphatic carbocycles. The average molecular weight is 385 g/mol. The molecule has 3 aromatic rings.